The van der Waals surface area contributed by atoms with Gasteiger partial charge in [-0.1, -0.05) is 40.2 Å². The average molecular weight is 435 g/mol. The molecule has 142 valence electrons. The fourth-order valence-electron chi connectivity index (χ4n) is 2.93. The van der Waals surface area contributed by atoms with Crippen LogP contribution in [0, 0.1) is 30.4 Å². The minimum Gasteiger partial charge on any atom is -0.294 e. The highest BCUT2D eigenvalue weighted by molar-refractivity contribution is 9.08. The van der Waals surface area contributed by atoms with Crippen LogP contribution in [0.4, 0.5) is 8.78 Å². The van der Waals surface area contributed by atoms with Crippen LogP contribution >= 0.6 is 15.9 Å². The molecule has 2 aliphatic carbocycles. The summed E-state index contributed by atoms with van der Waals surface area (Å²) in [5.41, 5.74) is 2.08. The molecule has 27 heavy (non-hydrogen) atoms. The molecule has 2 aromatic carbocycles. The van der Waals surface area contributed by atoms with Crippen molar-refractivity contribution in [3.05, 3.63) is 70.3 Å². The van der Waals surface area contributed by atoms with Crippen molar-refractivity contribution >= 4 is 27.5 Å². The number of halogens is 3. The van der Waals surface area contributed by atoms with E-state index >= 15 is 0 Å². The Morgan fingerprint density at radius 1 is 0.889 bits per heavy atom. The van der Waals surface area contributed by atoms with Crippen LogP contribution in [0.3, 0.4) is 0 Å². The normalized spacial score (nSPS) is 15.7. The first-order chi connectivity index (χ1) is 12.9. The van der Waals surface area contributed by atoms with E-state index in [1.54, 1.807) is 31.2 Å². The lowest BCUT2D eigenvalue weighted by Gasteiger charge is -2.06. The first kappa shape index (κ1) is 19.9. The average Bonchev–Trinajstić information content (AvgIpc) is 3.56. The molecule has 5 heteroatoms. The Kier molecular flexibility index (Phi) is 6.20. The van der Waals surface area contributed by atoms with Crippen molar-refractivity contribution in [2.24, 2.45) is 11.8 Å². The third-order valence-corrected chi connectivity index (χ3v) is 5.51. The molecule has 4 rings (SSSR count). The van der Waals surface area contributed by atoms with E-state index in [0.29, 0.717) is 27.6 Å². The van der Waals surface area contributed by atoms with Gasteiger partial charge in [-0.3, -0.25) is 9.59 Å². The standard InChI is InChI=1S/C11H10BrFO.C11H11FO/c12-6-9-8(2-1-3-10(9)13)11(14)7-4-5-7;1-7-9(3-2-4-10(7)12)11(13)8-5-6-8/h1-3,7H,4-6H2;2-4,8H,5-6H2,1H3. The van der Waals surface area contributed by atoms with Gasteiger partial charge in [0.15, 0.2) is 11.6 Å². The molecule has 0 atom stereocenters. The highest BCUT2D eigenvalue weighted by Crippen LogP contribution is 2.34. The number of hydrogen-bond acceptors (Lipinski definition) is 2. The zero-order valence-electron chi connectivity index (χ0n) is 15.1. The lowest BCUT2D eigenvalue weighted by molar-refractivity contribution is 0.0959. The van der Waals surface area contributed by atoms with Crippen LogP contribution in [-0.4, -0.2) is 11.6 Å². The van der Waals surface area contributed by atoms with Gasteiger partial charge in [-0.15, -0.1) is 0 Å². The lowest BCUT2D eigenvalue weighted by Crippen LogP contribution is -2.06. The SMILES string of the molecule is Cc1c(F)cccc1C(=O)C1CC1.O=C(c1cccc(F)c1CBr)C1CC1. The molecule has 0 N–H and O–H groups in total. The maximum atomic E-state index is 13.3. The van der Waals surface area contributed by atoms with E-state index in [-0.39, 0.29) is 35.0 Å². The molecule has 0 amide bonds. The van der Waals surface area contributed by atoms with Crippen LogP contribution in [0.15, 0.2) is 36.4 Å². The Morgan fingerprint density at radius 3 is 1.89 bits per heavy atom. The van der Waals surface area contributed by atoms with Gasteiger partial charge in [-0.2, -0.15) is 0 Å². The van der Waals surface area contributed by atoms with Crippen molar-refractivity contribution in [2.45, 2.75) is 37.9 Å². The highest BCUT2D eigenvalue weighted by Gasteiger charge is 2.32. The van der Waals surface area contributed by atoms with Crippen LogP contribution in [0.5, 0.6) is 0 Å². The quantitative estimate of drug-likeness (QED) is 0.424. The van der Waals surface area contributed by atoms with E-state index in [2.05, 4.69) is 15.9 Å². The van der Waals surface area contributed by atoms with Crippen LogP contribution in [-0.2, 0) is 5.33 Å². The number of hydrogen-bond donors (Lipinski definition) is 0. The molecule has 0 aliphatic heterocycles. The van der Waals surface area contributed by atoms with Crippen molar-refractivity contribution < 1.29 is 18.4 Å². The zero-order chi connectivity index (χ0) is 19.6. The summed E-state index contributed by atoms with van der Waals surface area (Å²) in [5.74, 6) is -0.0640. The Hall–Kier alpha value is -1.88. The second-order valence-electron chi connectivity index (χ2n) is 7.09. The van der Waals surface area contributed by atoms with E-state index in [0.717, 1.165) is 25.7 Å². The molecule has 0 aromatic heterocycles. The van der Waals surface area contributed by atoms with Crippen molar-refractivity contribution in [3.8, 4) is 0 Å². The number of benzene rings is 2. The molecular weight excluding hydrogens is 414 g/mol. The van der Waals surface area contributed by atoms with E-state index in [1.165, 1.54) is 12.1 Å². The Morgan fingerprint density at radius 2 is 1.37 bits per heavy atom. The third kappa shape index (κ3) is 4.70. The molecule has 0 bridgehead atoms. The largest absolute Gasteiger partial charge is 0.294 e. The summed E-state index contributed by atoms with van der Waals surface area (Å²) in [7, 11) is 0. The Labute approximate surface area is 166 Å². The molecular formula is C22H21BrF2O2. The smallest absolute Gasteiger partial charge is 0.166 e. The van der Waals surface area contributed by atoms with E-state index in [1.807, 2.05) is 0 Å². The number of alkyl halides is 1. The predicted molar refractivity (Wildman–Crippen MR) is 104 cm³/mol. The fraction of sp³-hybridized carbons (Fsp3) is 0.364. The van der Waals surface area contributed by atoms with Gasteiger partial charge in [0, 0.05) is 33.9 Å². The molecule has 2 saturated carbocycles. The second kappa shape index (κ2) is 8.42. The summed E-state index contributed by atoms with van der Waals surface area (Å²) in [5, 5.41) is 0.396. The van der Waals surface area contributed by atoms with Gasteiger partial charge in [0.2, 0.25) is 0 Å². The van der Waals surface area contributed by atoms with Gasteiger partial charge in [0.25, 0.3) is 0 Å². The maximum absolute atomic E-state index is 13.3. The highest BCUT2D eigenvalue weighted by atomic mass is 79.9. The van der Waals surface area contributed by atoms with Crippen molar-refractivity contribution in [1.82, 2.24) is 0 Å². The number of Topliss-reactive ketones (excluding diaryl/α,β-unsaturated/α-hetero) is 2. The summed E-state index contributed by atoms with van der Waals surface area (Å²) in [6, 6.07) is 9.38. The molecule has 0 saturated heterocycles. The van der Waals surface area contributed by atoms with Crippen molar-refractivity contribution in [2.75, 3.05) is 0 Å². The summed E-state index contributed by atoms with van der Waals surface area (Å²) < 4.78 is 26.4. The fourth-order valence-corrected chi connectivity index (χ4v) is 3.50. The second-order valence-corrected chi connectivity index (χ2v) is 7.65. The van der Waals surface area contributed by atoms with Crippen LogP contribution < -0.4 is 0 Å². The van der Waals surface area contributed by atoms with E-state index < -0.39 is 0 Å². The summed E-state index contributed by atoms with van der Waals surface area (Å²) in [6.45, 7) is 1.66. The van der Waals surface area contributed by atoms with Gasteiger partial charge in [-0.25, -0.2) is 8.78 Å². The van der Waals surface area contributed by atoms with Gasteiger partial charge in [0.05, 0.1) is 0 Å². The Bertz CT molecular complexity index is 871. The molecule has 2 fully saturated rings. The molecule has 2 aromatic rings. The monoisotopic (exact) mass is 434 g/mol. The van der Waals surface area contributed by atoms with Gasteiger partial charge < -0.3 is 0 Å². The zero-order valence-corrected chi connectivity index (χ0v) is 16.7. The summed E-state index contributed by atoms with van der Waals surface area (Å²) >= 11 is 3.20. The number of ketones is 2. The number of rotatable bonds is 5. The number of carbonyl (C=O) groups excluding carboxylic acids is 2. The lowest BCUT2D eigenvalue weighted by atomic mass is 10.0. The molecule has 0 heterocycles. The van der Waals surface area contributed by atoms with Gasteiger partial charge in [0.1, 0.15) is 11.6 Å². The van der Waals surface area contributed by atoms with Crippen molar-refractivity contribution in [1.29, 1.82) is 0 Å². The van der Waals surface area contributed by atoms with Crippen molar-refractivity contribution in [3.63, 3.8) is 0 Å². The molecule has 2 aliphatic rings. The van der Waals surface area contributed by atoms with E-state index in [4.69, 9.17) is 0 Å². The third-order valence-electron chi connectivity index (χ3n) is 4.95. The Balaban J connectivity index is 0.000000156. The molecule has 0 radical (unpaired) electrons. The minimum atomic E-state index is -0.298. The van der Waals surface area contributed by atoms with Gasteiger partial charge >= 0.3 is 0 Å². The predicted octanol–water partition coefficient (Wildman–Crippen LogP) is 6.04. The molecule has 0 unspecified atom stereocenters. The summed E-state index contributed by atoms with van der Waals surface area (Å²) in [6.07, 6.45) is 3.84. The van der Waals surface area contributed by atoms with Gasteiger partial charge in [-0.05, 0) is 50.3 Å². The van der Waals surface area contributed by atoms with Crippen LogP contribution in [0.1, 0.15) is 57.5 Å². The first-order valence-electron chi connectivity index (χ1n) is 9.11. The van der Waals surface area contributed by atoms with Crippen LogP contribution in [0.2, 0.25) is 0 Å². The van der Waals surface area contributed by atoms with E-state index in [9.17, 15) is 18.4 Å². The topological polar surface area (TPSA) is 34.1 Å². The molecule has 2 nitrogen and oxygen atoms in total. The maximum Gasteiger partial charge on any atom is 0.166 e. The molecule has 0 spiro atoms. The minimum absolute atomic E-state index is 0.0963. The number of carbonyl (C=O) groups is 2. The first-order valence-corrected chi connectivity index (χ1v) is 10.2. The van der Waals surface area contributed by atoms with Crippen LogP contribution in [0.25, 0.3) is 0 Å². The summed E-state index contributed by atoms with van der Waals surface area (Å²) in [4.78, 5) is 23.4.